The fourth-order valence-electron chi connectivity index (χ4n) is 1.83. The Bertz CT molecular complexity index is 520. The van der Waals surface area contributed by atoms with Crippen molar-refractivity contribution in [3.05, 3.63) is 54.1 Å². The lowest BCUT2D eigenvalue weighted by atomic mass is 10.0. The van der Waals surface area contributed by atoms with Crippen molar-refractivity contribution in [3.8, 4) is 0 Å². The number of aryl methyl sites for hydroxylation is 2. The van der Waals surface area contributed by atoms with Crippen LogP contribution in [0.5, 0.6) is 0 Å². The molecule has 0 amide bonds. The van der Waals surface area contributed by atoms with E-state index in [-0.39, 0.29) is 5.78 Å². The van der Waals surface area contributed by atoms with E-state index in [4.69, 9.17) is 0 Å². The molecule has 2 rings (SSSR count). The smallest absolute Gasteiger partial charge is 0.166 e. The van der Waals surface area contributed by atoms with Crippen molar-refractivity contribution in [2.75, 3.05) is 0 Å². The van der Waals surface area contributed by atoms with Gasteiger partial charge in [0.05, 0.1) is 0 Å². The summed E-state index contributed by atoms with van der Waals surface area (Å²) in [4.78, 5) is 16.0. The molecule has 0 aliphatic rings. The highest BCUT2D eigenvalue weighted by Gasteiger charge is 2.17. The number of imidazole rings is 1. The molecule has 1 atom stereocenters. The molecule has 1 N–H and O–H groups in total. The van der Waals surface area contributed by atoms with E-state index in [0.29, 0.717) is 18.4 Å². The second-order valence-electron chi connectivity index (χ2n) is 4.23. The lowest BCUT2D eigenvalue weighted by Crippen LogP contribution is -2.13. The predicted octanol–water partition coefficient (Wildman–Crippen LogP) is 1.66. The van der Waals surface area contributed by atoms with Gasteiger partial charge in [0.25, 0.3) is 0 Å². The normalized spacial score (nSPS) is 12.3. The molecule has 0 saturated carbocycles. The summed E-state index contributed by atoms with van der Waals surface area (Å²) in [5, 5.41) is 9.91. The second-order valence-corrected chi connectivity index (χ2v) is 4.23. The molecule has 1 heterocycles. The van der Waals surface area contributed by atoms with Crippen LogP contribution in [0, 0.1) is 0 Å². The Morgan fingerprint density at radius 3 is 2.72 bits per heavy atom. The fourth-order valence-corrected chi connectivity index (χ4v) is 1.83. The maximum atomic E-state index is 11.9. The molecule has 2 aromatic rings. The third-order valence-electron chi connectivity index (χ3n) is 2.94. The molecule has 1 aromatic heterocycles. The first kappa shape index (κ1) is 12.5. The summed E-state index contributed by atoms with van der Waals surface area (Å²) in [5.74, 6) is 0.674. The predicted molar refractivity (Wildman–Crippen MR) is 67.9 cm³/mol. The van der Waals surface area contributed by atoms with Gasteiger partial charge < -0.3 is 9.67 Å². The maximum absolute atomic E-state index is 11.9. The lowest BCUT2D eigenvalue weighted by molar-refractivity contribution is -0.127. The zero-order valence-electron chi connectivity index (χ0n) is 10.3. The number of aromatic nitrogens is 2. The van der Waals surface area contributed by atoms with Gasteiger partial charge in [0.1, 0.15) is 11.9 Å². The Labute approximate surface area is 106 Å². The van der Waals surface area contributed by atoms with E-state index in [9.17, 15) is 9.90 Å². The van der Waals surface area contributed by atoms with Gasteiger partial charge in [-0.2, -0.15) is 0 Å². The first-order valence-electron chi connectivity index (χ1n) is 5.90. The molecule has 0 radical (unpaired) electrons. The summed E-state index contributed by atoms with van der Waals surface area (Å²) in [6, 6.07) is 8.98. The number of Topliss-reactive ketones (excluding diaryl/α,β-unsaturated/α-hetero) is 1. The lowest BCUT2D eigenvalue weighted by Gasteiger charge is -2.09. The number of rotatable bonds is 5. The highest BCUT2D eigenvalue weighted by molar-refractivity contribution is 5.84. The molecule has 1 unspecified atom stereocenters. The number of carbonyl (C=O) groups excluding carboxylic acids is 1. The molecule has 0 bridgehead atoms. The van der Waals surface area contributed by atoms with Crippen LogP contribution >= 0.6 is 0 Å². The van der Waals surface area contributed by atoms with Crippen LogP contribution in [-0.2, 0) is 18.3 Å². The van der Waals surface area contributed by atoms with Crippen LogP contribution in [0.15, 0.2) is 42.7 Å². The number of carbonyl (C=O) groups is 1. The van der Waals surface area contributed by atoms with Gasteiger partial charge in [0.15, 0.2) is 5.78 Å². The molecular weight excluding hydrogens is 228 g/mol. The molecule has 1 aromatic carbocycles. The number of hydrogen-bond acceptors (Lipinski definition) is 3. The zero-order valence-corrected chi connectivity index (χ0v) is 10.3. The third-order valence-corrected chi connectivity index (χ3v) is 2.94. The number of hydrogen-bond donors (Lipinski definition) is 1. The Morgan fingerprint density at radius 2 is 2.11 bits per heavy atom. The number of aliphatic hydroxyl groups excluding tert-OH is 1. The Kier molecular flexibility index (Phi) is 3.89. The third kappa shape index (κ3) is 2.84. The van der Waals surface area contributed by atoms with Crippen molar-refractivity contribution < 1.29 is 9.90 Å². The molecule has 0 aliphatic carbocycles. The summed E-state index contributed by atoms with van der Waals surface area (Å²) in [6.07, 6.45) is 3.35. The van der Waals surface area contributed by atoms with E-state index < -0.39 is 6.10 Å². The van der Waals surface area contributed by atoms with Crippen molar-refractivity contribution in [3.63, 3.8) is 0 Å². The van der Waals surface area contributed by atoms with Crippen LogP contribution in [0.25, 0.3) is 0 Å². The minimum absolute atomic E-state index is 0.177. The largest absolute Gasteiger partial charge is 0.381 e. The molecule has 4 nitrogen and oxygen atoms in total. The van der Waals surface area contributed by atoms with E-state index in [1.165, 1.54) is 0 Å². The van der Waals surface area contributed by atoms with Crippen molar-refractivity contribution in [1.82, 2.24) is 9.55 Å². The molecule has 18 heavy (non-hydrogen) atoms. The van der Waals surface area contributed by atoms with Crippen LogP contribution in [-0.4, -0.2) is 20.4 Å². The van der Waals surface area contributed by atoms with Crippen molar-refractivity contribution in [2.24, 2.45) is 7.05 Å². The van der Waals surface area contributed by atoms with Crippen LogP contribution in [0.3, 0.4) is 0 Å². The first-order chi connectivity index (χ1) is 8.68. The summed E-state index contributed by atoms with van der Waals surface area (Å²) in [7, 11) is 1.89. The van der Waals surface area contributed by atoms with Crippen LogP contribution in [0.4, 0.5) is 0 Å². The van der Waals surface area contributed by atoms with E-state index in [2.05, 4.69) is 4.98 Å². The molecule has 0 spiro atoms. The van der Waals surface area contributed by atoms with Gasteiger partial charge in [0.2, 0.25) is 0 Å². The Hall–Kier alpha value is -1.94. The number of aliphatic hydroxyl groups is 1. The highest BCUT2D eigenvalue weighted by Crippen LogP contribution is 2.15. The number of nitrogens with zero attached hydrogens (tertiary/aromatic N) is 2. The Balaban J connectivity index is 1.95. The molecule has 0 aliphatic heterocycles. The van der Waals surface area contributed by atoms with E-state index in [0.717, 1.165) is 5.82 Å². The average molecular weight is 244 g/mol. The van der Waals surface area contributed by atoms with E-state index in [1.807, 2.05) is 36.0 Å². The summed E-state index contributed by atoms with van der Waals surface area (Å²) in [6.45, 7) is 0. The standard InChI is InChI=1S/C14H16N2O2/c1-16-10-9-15-13(16)8-7-12(17)14(18)11-5-3-2-4-6-11/h2-6,9-10,14,18H,7-8H2,1H3. The van der Waals surface area contributed by atoms with Gasteiger partial charge in [0, 0.05) is 32.3 Å². The Morgan fingerprint density at radius 1 is 1.39 bits per heavy atom. The molecule has 4 heteroatoms. The minimum atomic E-state index is -1.04. The topological polar surface area (TPSA) is 55.1 Å². The van der Waals surface area contributed by atoms with Gasteiger partial charge >= 0.3 is 0 Å². The summed E-state index contributed by atoms with van der Waals surface area (Å²) < 4.78 is 1.88. The molecular formula is C14H16N2O2. The zero-order chi connectivity index (χ0) is 13.0. The second kappa shape index (κ2) is 5.60. The van der Waals surface area contributed by atoms with Crippen molar-refractivity contribution in [2.45, 2.75) is 18.9 Å². The minimum Gasteiger partial charge on any atom is -0.381 e. The van der Waals surface area contributed by atoms with Crippen LogP contribution in [0.2, 0.25) is 0 Å². The molecule has 0 fully saturated rings. The summed E-state index contributed by atoms with van der Waals surface area (Å²) in [5.41, 5.74) is 0.641. The SMILES string of the molecule is Cn1ccnc1CCC(=O)C(O)c1ccccc1. The number of ketones is 1. The van der Waals surface area contributed by atoms with E-state index in [1.54, 1.807) is 18.3 Å². The molecule has 94 valence electrons. The molecule has 0 saturated heterocycles. The average Bonchev–Trinajstić information content (AvgIpc) is 2.81. The fraction of sp³-hybridized carbons (Fsp3) is 0.286. The van der Waals surface area contributed by atoms with Gasteiger partial charge in [-0.3, -0.25) is 4.79 Å². The monoisotopic (exact) mass is 244 g/mol. The van der Waals surface area contributed by atoms with Crippen LogP contribution in [0.1, 0.15) is 23.9 Å². The quantitative estimate of drug-likeness (QED) is 0.870. The van der Waals surface area contributed by atoms with Crippen molar-refractivity contribution in [1.29, 1.82) is 0 Å². The first-order valence-corrected chi connectivity index (χ1v) is 5.90. The highest BCUT2D eigenvalue weighted by atomic mass is 16.3. The van der Waals surface area contributed by atoms with Gasteiger partial charge in [-0.05, 0) is 5.56 Å². The number of benzene rings is 1. The van der Waals surface area contributed by atoms with Gasteiger partial charge in [-0.15, -0.1) is 0 Å². The summed E-state index contributed by atoms with van der Waals surface area (Å²) >= 11 is 0. The van der Waals surface area contributed by atoms with Crippen molar-refractivity contribution >= 4 is 5.78 Å². The van der Waals surface area contributed by atoms with Gasteiger partial charge in [-0.1, -0.05) is 30.3 Å². The van der Waals surface area contributed by atoms with E-state index >= 15 is 0 Å². The van der Waals surface area contributed by atoms with Gasteiger partial charge in [-0.25, -0.2) is 4.98 Å². The maximum Gasteiger partial charge on any atom is 0.166 e. The van der Waals surface area contributed by atoms with Crippen LogP contribution < -0.4 is 0 Å².